The van der Waals surface area contributed by atoms with Crippen molar-refractivity contribution in [1.82, 2.24) is 20.6 Å². The van der Waals surface area contributed by atoms with Crippen molar-refractivity contribution < 1.29 is 13.9 Å². The maximum Gasteiger partial charge on any atom is 0.255 e. The summed E-state index contributed by atoms with van der Waals surface area (Å²) in [5.41, 5.74) is 1.60. The number of aryl methyl sites for hydroxylation is 1. The number of hydrogen-bond donors (Lipinski definition) is 2. The van der Waals surface area contributed by atoms with Gasteiger partial charge in [-0.25, -0.2) is 5.10 Å². The van der Waals surface area contributed by atoms with Crippen molar-refractivity contribution in [3.63, 3.8) is 0 Å². The molecule has 35 heavy (non-hydrogen) atoms. The number of fused-ring (bicyclic) bond motifs is 1. The SMILES string of the molecule is CCCCCCC=COc1ccc(C(=O)Nc2cc(C)cc3c(=O)cc(-c4nnn[nH]4)oc23)cc1. The third-order valence-electron chi connectivity index (χ3n) is 5.44. The first-order valence-electron chi connectivity index (χ1n) is 11.6. The van der Waals surface area contributed by atoms with Crippen molar-refractivity contribution >= 4 is 22.6 Å². The third kappa shape index (κ3) is 6.00. The highest BCUT2D eigenvalue weighted by Gasteiger charge is 2.16. The molecule has 0 aliphatic carbocycles. The number of hydrogen-bond acceptors (Lipinski definition) is 7. The van der Waals surface area contributed by atoms with Crippen molar-refractivity contribution in [3.8, 4) is 17.3 Å². The Balaban J connectivity index is 1.48. The molecule has 0 radical (unpaired) electrons. The molecule has 180 valence electrons. The molecule has 0 saturated heterocycles. The molecule has 9 nitrogen and oxygen atoms in total. The summed E-state index contributed by atoms with van der Waals surface area (Å²) in [4.78, 5) is 25.6. The number of tetrazole rings is 1. The molecule has 0 aliphatic rings. The van der Waals surface area contributed by atoms with Gasteiger partial charge < -0.3 is 14.5 Å². The van der Waals surface area contributed by atoms with Crippen LogP contribution in [0.3, 0.4) is 0 Å². The number of H-pyrrole nitrogens is 1. The van der Waals surface area contributed by atoms with Gasteiger partial charge in [-0.2, -0.15) is 0 Å². The molecule has 1 amide bonds. The Morgan fingerprint density at radius 3 is 2.71 bits per heavy atom. The molecule has 0 unspecified atom stereocenters. The van der Waals surface area contributed by atoms with Crippen LogP contribution < -0.4 is 15.5 Å². The van der Waals surface area contributed by atoms with E-state index in [0.29, 0.717) is 22.4 Å². The van der Waals surface area contributed by atoms with E-state index in [1.165, 1.54) is 25.3 Å². The van der Waals surface area contributed by atoms with Gasteiger partial charge in [-0.3, -0.25) is 9.59 Å². The van der Waals surface area contributed by atoms with Crippen LogP contribution in [0.2, 0.25) is 0 Å². The second kappa shape index (κ2) is 11.2. The molecule has 0 bridgehead atoms. The van der Waals surface area contributed by atoms with E-state index in [9.17, 15) is 9.59 Å². The van der Waals surface area contributed by atoms with E-state index < -0.39 is 0 Å². The van der Waals surface area contributed by atoms with Gasteiger partial charge in [0.15, 0.2) is 16.8 Å². The quantitative estimate of drug-likeness (QED) is 0.234. The first-order valence-corrected chi connectivity index (χ1v) is 11.6. The number of rotatable bonds is 10. The van der Waals surface area contributed by atoms with Crippen LogP contribution in [0.5, 0.6) is 5.75 Å². The summed E-state index contributed by atoms with van der Waals surface area (Å²) >= 11 is 0. The fraction of sp³-hybridized carbons (Fsp3) is 0.269. The van der Waals surface area contributed by atoms with Gasteiger partial charge in [-0.1, -0.05) is 26.2 Å². The molecule has 2 N–H and O–H groups in total. The van der Waals surface area contributed by atoms with Crippen molar-refractivity contribution in [2.24, 2.45) is 0 Å². The lowest BCUT2D eigenvalue weighted by Gasteiger charge is -2.10. The van der Waals surface area contributed by atoms with Crippen LogP contribution in [0.15, 0.2) is 64.0 Å². The van der Waals surface area contributed by atoms with Crippen LogP contribution in [-0.4, -0.2) is 26.5 Å². The highest BCUT2D eigenvalue weighted by Crippen LogP contribution is 2.27. The zero-order valence-electron chi connectivity index (χ0n) is 19.7. The monoisotopic (exact) mass is 473 g/mol. The van der Waals surface area contributed by atoms with Gasteiger partial charge in [0.05, 0.1) is 17.3 Å². The largest absolute Gasteiger partial charge is 0.465 e. The van der Waals surface area contributed by atoms with Crippen molar-refractivity contribution in [1.29, 1.82) is 0 Å². The number of unbranched alkanes of at least 4 members (excludes halogenated alkanes) is 4. The number of nitrogens with zero attached hydrogens (tertiary/aromatic N) is 3. The number of anilines is 1. The first kappa shape index (κ1) is 23.9. The van der Waals surface area contributed by atoms with E-state index in [-0.39, 0.29) is 28.5 Å². The molecule has 4 rings (SSSR count). The van der Waals surface area contributed by atoms with Crippen LogP contribution in [0, 0.1) is 6.92 Å². The molecule has 0 fully saturated rings. The summed E-state index contributed by atoms with van der Waals surface area (Å²) in [7, 11) is 0. The van der Waals surface area contributed by atoms with Gasteiger partial charge >= 0.3 is 0 Å². The Kier molecular flexibility index (Phi) is 7.67. The number of aromatic nitrogens is 4. The molecule has 0 atom stereocenters. The minimum absolute atomic E-state index is 0.173. The van der Waals surface area contributed by atoms with E-state index in [0.717, 1.165) is 18.4 Å². The lowest BCUT2D eigenvalue weighted by molar-refractivity contribution is 0.102. The molecule has 2 heterocycles. The van der Waals surface area contributed by atoms with E-state index >= 15 is 0 Å². The average Bonchev–Trinajstić information content (AvgIpc) is 3.39. The predicted octanol–water partition coefficient (Wildman–Crippen LogP) is 5.40. The van der Waals surface area contributed by atoms with E-state index in [1.807, 2.05) is 13.0 Å². The molecular weight excluding hydrogens is 446 g/mol. The minimum atomic E-state index is -0.343. The average molecular weight is 474 g/mol. The van der Waals surface area contributed by atoms with Gasteiger partial charge in [0.25, 0.3) is 5.91 Å². The van der Waals surface area contributed by atoms with Crippen LogP contribution in [0.1, 0.15) is 54.9 Å². The van der Waals surface area contributed by atoms with Crippen molar-refractivity contribution in [2.75, 3.05) is 5.32 Å². The highest BCUT2D eigenvalue weighted by molar-refractivity contribution is 6.08. The van der Waals surface area contributed by atoms with Crippen LogP contribution in [0.4, 0.5) is 5.69 Å². The zero-order valence-corrected chi connectivity index (χ0v) is 19.7. The summed E-state index contributed by atoms with van der Waals surface area (Å²) in [6.45, 7) is 4.03. The highest BCUT2D eigenvalue weighted by atomic mass is 16.5. The fourth-order valence-electron chi connectivity index (χ4n) is 3.64. The standard InChI is InChI=1S/C26H27N5O4/c1-3-4-5-6-7-8-13-34-19-11-9-18(10-12-19)26(33)27-21-15-17(2)14-20-22(32)16-23(35-24(20)21)25-28-30-31-29-25/h8-16H,3-7H2,1-2H3,(H,27,33)(H,28,29,30,31). The Morgan fingerprint density at radius 1 is 1.14 bits per heavy atom. The molecule has 0 saturated carbocycles. The molecule has 2 aromatic carbocycles. The number of carbonyl (C=O) groups is 1. The number of benzene rings is 2. The normalized spacial score (nSPS) is 11.3. The summed E-state index contributed by atoms with van der Waals surface area (Å²) in [6, 6.07) is 11.6. The lowest BCUT2D eigenvalue weighted by atomic mass is 10.1. The summed E-state index contributed by atoms with van der Waals surface area (Å²) in [5.74, 6) is 0.687. The van der Waals surface area contributed by atoms with Gasteiger partial charge in [-0.05, 0) is 78.2 Å². The van der Waals surface area contributed by atoms with Gasteiger partial charge in [0.1, 0.15) is 5.75 Å². The summed E-state index contributed by atoms with van der Waals surface area (Å²) < 4.78 is 11.5. The Morgan fingerprint density at radius 2 is 1.97 bits per heavy atom. The fourth-order valence-corrected chi connectivity index (χ4v) is 3.64. The zero-order chi connectivity index (χ0) is 24.6. The van der Waals surface area contributed by atoms with Crippen LogP contribution in [-0.2, 0) is 0 Å². The molecule has 0 spiro atoms. The second-order valence-electron chi connectivity index (χ2n) is 8.23. The maximum absolute atomic E-state index is 12.9. The molecular formula is C26H27N5O4. The number of ether oxygens (including phenoxy) is 1. The summed E-state index contributed by atoms with van der Waals surface area (Å²) in [5, 5.41) is 16.6. The van der Waals surface area contributed by atoms with Crippen molar-refractivity contribution in [2.45, 2.75) is 46.0 Å². The Hall–Kier alpha value is -4.27. The first-order chi connectivity index (χ1) is 17.0. The maximum atomic E-state index is 12.9. The Labute approximate surface area is 202 Å². The van der Waals surface area contributed by atoms with Gasteiger partial charge in [-0.15, -0.1) is 5.10 Å². The van der Waals surface area contributed by atoms with Gasteiger partial charge in [0, 0.05) is 11.6 Å². The summed E-state index contributed by atoms with van der Waals surface area (Å²) in [6.07, 6.45) is 9.52. The van der Waals surface area contributed by atoms with E-state index in [1.54, 1.807) is 42.7 Å². The predicted molar refractivity (Wildman–Crippen MR) is 133 cm³/mol. The Bertz CT molecular complexity index is 1380. The second-order valence-corrected chi connectivity index (χ2v) is 8.23. The lowest BCUT2D eigenvalue weighted by Crippen LogP contribution is -2.13. The number of allylic oxidation sites excluding steroid dienone is 1. The van der Waals surface area contributed by atoms with Crippen molar-refractivity contribution in [3.05, 3.63) is 76.2 Å². The molecule has 2 aromatic heterocycles. The molecule has 4 aromatic rings. The number of amides is 1. The third-order valence-corrected chi connectivity index (χ3v) is 5.44. The number of carbonyl (C=O) groups excluding carboxylic acids is 1. The number of aromatic amines is 1. The molecule has 9 heteroatoms. The van der Waals surface area contributed by atoms with Crippen LogP contribution >= 0.6 is 0 Å². The van der Waals surface area contributed by atoms with Gasteiger partial charge in [0.2, 0.25) is 5.82 Å². The topological polar surface area (TPSA) is 123 Å². The minimum Gasteiger partial charge on any atom is -0.465 e. The van der Waals surface area contributed by atoms with Crippen LogP contribution in [0.25, 0.3) is 22.6 Å². The molecule has 0 aliphatic heterocycles. The smallest absolute Gasteiger partial charge is 0.255 e. The number of nitrogens with one attached hydrogen (secondary N) is 2. The van der Waals surface area contributed by atoms with E-state index in [4.69, 9.17) is 9.15 Å². The van der Waals surface area contributed by atoms with E-state index in [2.05, 4.69) is 32.9 Å².